The molecule has 16 heavy (non-hydrogen) atoms. The summed E-state index contributed by atoms with van der Waals surface area (Å²) in [5, 5.41) is 3.78. The first-order chi connectivity index (χ1) is 7.58. The molecular formula is C9H7ClN4O2. The second kappa shape index (κ2) is 3.82. The smallest absolute Gasteiger partial charge is 0.290 e. The first kappa shape index (κ1) is 10.4. The van der Waals surface area contributed by atoms with Crippen LogP contribution in [0.15, 0.2) is 22.7 Å². The number of primary amides is 1. The summed E-state index contributed by atoms with van der Waals surface area (Å²) < 4.78 is 4.85. The molecule has 2 aromatic rings. The van der Waals surface area contributed by atoms with Gasteiger partial charge in [-0.2, -0.15) is 4.98 Å². The molecule has 6 nitrogen and oxygen atoms in total. The fraction of sp³-hybridized carbons (Fsp3) is 0. The van der Waals surface area contributed by atoms with E-state index in [2.05, 4.69) is 10.1 Å². The van der Waals surface area contributed by atoms with Crippen molar-refractivity contribution in [2.24, 2.45) is 5.73 Å². The highest BCUT2D eigenvalue weighted by Gasteiger charge is 2.13. The number of nitrogens with two attached hydrogens (primary N) is 2. The van der Waals surface area contributed by atoms with Gasteiger partial charge in [0.25, 0.3) is 17.6 Å². The number of carbonyl (C=O) groups excluding carboxylic acids is 1. The van der Waals surface area contributed by atoms with Crippen molar-refractivity contribution in [2.45, 2.75) is 0 Å². The zero-order chi connectivity index (χ0) is 11.7. The summed E-state index contributed by atoms with van der Waals surface area (Å²) in [4.78, 5) is 14.6. The number of rotatable bonds is 2. The lowest BCUT2D eigenvalue weighted by Gasteiger charge is -1.98. The highest BCUT2D eigenvalue weighted by Crippen LogP contribution is 2.25. The lowest BCUT2D eigenvalue weighted by atomic mass is 10.2. The lowest BCUT2D eigenvalue weighted by molar-refractivity contribution is 0.0987. The SMILES string of the molecule is NC(=O)c1noc(-c2ccc(N)c(Cl)c2)n1. The van der Waals surface area contributed by atoms with Crippen LogP contribution in [0.5, 0.6) is 0 Å². The van der Waals surface area contributed by atoms with Crippen LogP contribution in [0, 0.1) is 0 Å². The average Bonchev–Trinajstić information content (AvgIpc) is 2.71. The number of anilines is 1. The van der Waals surface area contributed by atoms with Crippen molar-refractivity contribution in [3.05, 3.63) is 29.0 Å². The number of nitrogens with zero attached hydrogens (tertiary/aromatic N) is 2. The molecule has 0 aliphatic carbocycles. The van der Waals surface area contributed by atoms with Crippen molar-refractivity contribution in [3.8, 4) is 11.5 Å². The molecule has 82 valence electrons. The van der Waals surface area contributed by atoms with Crippen LogP contribution in [0.4, 0.5) is 5.69 Å². The second-order valence-corrected chi connectivity index (χ2v) is 3.43. The van der Waals surface area contributed by atoms with Gasteiger partial charge < -0.3 is 16.0 Å². The van der Waals surface area contributed by atoms with E-state index in [9.17, 15) is 4.79 Å². The van der Waals surface area contributed by atoms with Crippen LogP contribution in [0.2, 0.25) is 5.02 Å². The largest absolute Gasteiger partial charge is 0.398 e. The van der Waals surface area contributed by atoms with E-state index in [4.69, 9.17) is 27.6 Å². The molecule has 1 amide bonds. The molecule has 2 rings (SSSR count). The Hall–Kier alpha value is -2.08. The van der Waals surface area contributed by atoms with Gasteiger partial charge in [-0.3, -0.25) is 4.79 Å². The van der Waals surface area contributed by atoms with Crippen molar-refractivity contribution in [3.63, 3.8) is 0 Å². The Bertz CT molecular complexity index is 552. The van der Waals surface area contributed by atoms with Gasteiger partial charge in [0.05, 0.1) is 10.7 Å². The molecule has 0 bridgehead atoms. The summed E-state index contributed by atoms with van der Waals surface area (Å²) in [6.07, 6.45) is 0. The number of halogens is 1. The highest BCUT2D eigenvalue weighted by molar-refractivity contribution is 6.33. The molecule has 0 aliphatic rings. The zero-order valence-corrected chi connectivity index (χ0v) is 8.73. The molecule has 4 N–H and O–H groups in total. The molecule has 7 heteroatoms. The fourth-order valence-electron chi connectivity index (χ4n) is 1.10. The summed E-state index contributed by atoms with van der Waals surface area (Å²) in [6, 6.07) is 4.82. The van der Waals surface area contributed by atoms with Crippen molar-refractivity contribution in [2.75, 3.05) is 5.73 Å². The predicted octanol–water partition coefficient (Wildman–Crippen LogP) is 1.07. The van der Waals surface area contributed by atoms with E-state index in [1.54, 1.807) is 18.2 Å². The summed E-state index contributed by atoms with van der Waals surface area (Å²) in [5.74, 6) is -0.768. The van der Waals surface area contributed by atoms with E-state index in [0.29, 0.717) is 16.3 Å². The molecule has 0 aliphatic heterocycles. The minimum absolute atomic E-state index is 0.163. The Balaban J connectivity index is 2.42. The Labute approximate surface area is 95.2 Å². The Morgan fingerprint density at radius 3 is 2.75 bits per heavy atom. The van der Waals surface area contributed by atoms with E-state index in [1.807, 2.05) is 0 Å². The maximum Gasteiger partial charge on any atom is 0.290 e. The normalized spacial score (nSPS) is 10.3. The van der Waals surface area contributed by atoms with Crippen LogP contribution in [-0.2, 0) is 0 Å². The topological polar surface area (TPSA) is 108 Å². The molecular weight excluding hydrogens is 232 g/mol. The van der Waals surface area contributed by atoms with E-state index in [0.717, 1.165) is 0 Å². The molecule has 0 atom stereocenters. The Morgan fingerprint density at radius 1 is 1.44 bits per heavy atom. The average molecular weight is 239 g/mol. The van der Waals surface area contributed by atoms with Crippen LogP contribution in [0.1, 0.15) is 10.6 Å². The fourth-order valence-corrected chi connectivity index (χ4v) is 1.28. The maximum atomic E-state index is 10.8. The van der Waals surface area contributed by atoms with Gasteiger partial charge in [0, 0.05) is 5.56 Å². The van der Waals surface area contributed by atoms with Crippen molar-refractivity contribution in [1.29, 1.82) is 0 Å². The van der Waals surface area contributed by atoms with E-state index in [-0.39, 0.29) is 11.7 Å². The maximum absolute atomic E-state index is 10.8. The number of aromatic nitrogens is 2. The van der Waals surface area contributed by atoms with Gasteiger partial charge in [-0.25, -0.2) is 0 Å². The minimum atomic E-state index is -0.753. The molecule has 1 aromatic carbocycles. The van der Waals surface area contributed by atoms with Gasteiger partial charge in [0.1, 0.15) is 0 Å². The van der Waals surface area contributed by atoms with Crippen LogP contribution < -0.4 is 11.5 Å². The second-order valence-electron chi connectivity index (χ2n) is 3.02. The first-order valence-electron chi connectivity index (χ1n) is 4.27. The van der Waals surface area contributed by atoms with Crippen molar-refractivity contribution >= 4 is 23.2 Å². The molecule has 0 fully saturated rings. The van der Waals surface area contributed by atoms with Crippen LogP contribution in [0.3, 0.4) is 0 Å². The lowest BCUT2D eigenvalue weighted by Crippen LogP contribution is -2.12. The van der Waals surface area contributed by atoms with Crippen LogP contribution >= 0.6 is 11.6 Å². The third kappa shape index (κ3) is 1.82. The van der Waals surface area contributed by atoms with Gasteiger partial charge in [0.15, 0.2) is 0 Å². The molecule has 0 spiro atoms. The quantitative estimate of drug-likeness (QED) is 0.761. The molecule has 1 heterocycles. The van der Waals surface area contributed by atoms with Gasteiger partial charge in [-0.15, -0.1) is 0 Å². The van der Waals surface area contributed by atoms with Crippen LogP contribution in [-0.4, -0.2) is 16.0 Å². The summed E-state index contributed by atoms with van der Waals surface area (Å²) in [5.41, 5.74) is 11.5. The number of carbonyl (C=O) groups is 1. The summed E-state index contributed by atoms with van der Waals surface area (Å²) in [7, 11) is 0. The van der Waals surface area contributed by atoms with Gasteiger partial charge in [-0.05, 0) is 18.2 Å². The van der Waals surface area contributed by atoms with Crippen LogP contribution in [0.25, 0.3) is 11.5 Å². The third-order valence-corrected chi connectivity index (χ3v) is 2.22. The summed E-state index contributed by atoms with van der Waals surface area (Å²) >= 11 is 5.83. The number of nitrogen functional groups attached to an aromatic ring is 1. The Kier molecular flexibility index (Phi) is 2.49. The number of hydrogen-bond acceptors (Lipinski definition) is 5. The molecule has 0 saturated carbocycles. The Morgan fingerprint density at radius 2 is 2.19 bits per heavy atom. The standard InChI is InChI=1S/C9H7ClN4O2/c10-5-3-4(1-2-6(5)11)9-13-8(7(12)15)14-16-9/h1-3H,11H2,(H2,12,15). The zero-order valence-electron chi connectivity index (χ0n) is 7.98. The summed E-state index contributed by atoms with van der Waals surface area (Å²) in [6.45, 7) is 0. The first-order valence-corrected chi connectivity index (χ1v) is 4.64. The minimum Gasteiger partial charge on any atom is -0.398 e. The van der Waals surface area contributed by atoms with Gasteiger partial charge in [0.2, 0.25) is 0 Å². The van der Waals surface area contributed by atoms with Crippen molar-refractivity contribution in [1.82, 2.24) is 10.1 Å². The van der Waals surface area contributed by atoms with Gasteiger partial charge in [-0.1, -0.05) is 16.8 Å². The molecule has 0 saturated heterocycles. The molecule has 0 unspecified atom stereocenters. The van der Waals surface area contributed by atoms with Crippen molar-refractivity contribution < 1.29 is 9.32 Å². The van der Waals surface area contributed by atoms with E-state index >= 15 is 0 Å². The monoisotopic (exact) mass is 238 g/mol. The van der Waals surface area contributed by atoms with E-state index in [1.165, 1.54) is 0 Å². The predicted molar refractivity (Wildman–Crippen MR) is 57.7 cm³/mol. The molecule has 0 radical (unpaired) electrons. The van der Waals surface area contributed by atoms with Gasteiger partial charge >= 0.3 is 0 Å². The molecule has 1 aromatic heterocycles. The van der Waals surface area contributed by atoms with E-state index < -0.39 is 5.91 Å². The highest BCUT2D eigenvalue weighted by atomic mass is 35.5. The number of benzene rings is 1. The number of hydrogen-bond donors (Lipinski definition) is 2. The third-order valence-electron chi connectivity index (χ3n) is 1.89. The number of amides is 1.